The molecule has 1 aromatic heterocycles. The molecule has 0 bridgehead atoms. The van der Waals surface area contributed by atoms with E-state index in [0.717, 1.165) is 28.4 Å². The number of benzene rings is 1. The number of rotatable bonds is 10. The Morgan fingerprint density at radius 1 is 1.23 bits per heavy atom. The Morgan fingerprint density at radius 2 is 1.87 bits per heavy atom. The first-order valence-electron chi connectivity index (χ1n) is 9.19. The number of sulfonamides is 1. The average Bonchev–Trinajstić information content (AvgIpc) is 3.10. The van der Waals surface area contributed by atoms with Gasteiger partial charge in [-0.15, -0.1) is 12.4 Å². The number of methoxy groups -OCH3 is 1. The number of fused-ring (bicyclic) bond motifs is 1. The van der Waals surface area contributed by atoms with Crippen LogP contribution in [0.5, 0.6) is 5.75 Å². The molecule has 1 amide bonds. The first-order valence-corrected chi connectivity index (χ1v) is 12.2. The number of nitrogens with zero attached hydrogens (tertiary/aromatic N) is 4. The van der Waals surface area contributed by atoms with Gasteiger partial charge in [0.2, 0.25) is 15.9 Å². The smallest absolute Gasteiger partial charge is 0.244 e. The molecule has 0 aliphatic rings. The quantitative estimate of drug-likeness (QED) is 0.500. The Kier molecular flexibility index (Phi) is 10.3. The highest BCUT2D eigenvalue weighted by molar-refractivity contribution is 7.88. The third kappa shape index (κ3) is 6.41. The largest absolute Gasteiger partial charge is 0.494 e. The van der Waals surface area contributed by atoms with E-state index in [9.17, 15) is 13.2 Å². The van der Waals surface area contributed by atoms with E-state index in [1.165, 1.54) is 23.3 Å². The summed E-state index contributed by atoms with van der Waals surface area (Å²) in [6.07, 6.45) is 1.07. The van der Waals surface area contributed by atoms with Gasteiger partial charge >= 0.3 is 0 Å². The van der Waals surface area contributed by atoms with E-state index in [1.807, 2.05) is 0 Å². The normalized spacial score (nSPS) is 11.7. The van der Waals surface area contributed by atoms with E-state index in [0.29, 0.717) is 34.5 Å². The minimum Gasteiger partial charge on any atom is -0.494 e. The van der Waals surface area contributed by atoms with Crippen molar-refractivity contribution in [1.82, 2.24) is 14.2 Å². The maximum absolute atomic E-state index is 13.0. The highest BCUT2D eigenvalue weighted by Gasteiger charge is 2.25. The number of anilines is 1. The van der Waals surface area contributed by atoms with Gasteiger partial charge in [-0.2, -0.15) is 4.31 Å². The second kappa shape index (κ2) is 11.4. The monoisotopic (exact) mass is 498 g/mol. The summed E-state index contributed by atoms with van der Waals surface area (Å²) in [6, 6.07) is 3.46. The molecule has 0 saturated carbocycles. The molecule has 0 aliphatic heterocycles. The fourth-order valence-corrected chi connectivity index (χ4v) is 4.37. The molecule has 0 saturated heterocycles. The number of likely N-dealkylation sites (N-methyl/N-ethyl adjacent to an activating group) is 2. The standard InChI is InChI=1S/C18H27ClN4O4S2.ClH/c1-6-22(7-2)10-11-23(15(24)12-21(3)29(5,25)26)18-20-16-14(27-4)9-8-13(19)17(16)28-18;/h8-9H,6-7,10-12H2,1-5H3;1H. The molecule has 0 N–H and O–H groups in total. The number of hydrogen-bond donors (Lipinski definition) is 0. The summed E-state index contributed by atoms with van der Waals surface area (Å²) >= 11 is 7.60. The fraction of sp³-hybridized carbons (Fsp3) is 0.556. The average molecular weight is 499 g/mol. The van der Waals surface area contributed by atoms with Gasteiger partial charge in [-0.25, -0.2) is 13.4 Å². The summed E-state index contributed by atoms with van der Waals surface area (Å²) in [4.78, 5) is 21.3. The highest BCUT2D eigenvalue weighted by atomic mass is 35.5. The molecule has 12 heteroatoms. The van der Waals surface area contributed by atoms with Crippen molar-refractivity contribution in [3.63, 3.8) is 0 Å². The SMILES string of the molecule is CCN(CC)CCN(C(=O)CN(C)S(C)(=O)=O)c1nc2c(OC)ccc(Cl)c2s1.Cl. The van der Waals surface area contributed by atoms with Gasteiger partial charge in [-0.1, -0.05) is 36.8 Å². The van der Waals surface area contributed by atoms with Crippen molar-refractivity contribution in [3.8, 4) is 5.75 Å². The van der Waals surface area contributed by atoms with Gasteiger partial charge in [0.05, 0.1) is 29.6 Å². The van der Waals surface area contributed by atoms with Crippen molar-refractivity contribution in [2.75, 3.05) is 58.0 Å². The van der Waals surface area contributed by atoms with Crippen molar-refractivity contribution < 1.29 is 17.9 Å². The zero-order chi connectivity index (χ0) is 21.8. The van der Waals surface area contributed by atoms with E-state index in [1.54, 1.807) is 19.2 Å². The van der Waals surface area contributed by atoms with Crippen molar-refractivity contribution in [2.45, 2.75) is 13.8 Å². The molecular weight excluding hydrogens is 471 g/mol. The Hall–Kier alpha value is -1.17. The number of aromatic nitrogens is 1. The topological polar surface area (TPSA) is 83.0 Å². The van der Waals surface area contributed by atoms with Gasteiger partial charge in [0.15, 0.2) is 5.13 Å². The second-order valence-electron chi connectivity index (χ2n) is 6.52. The first kappa shape index (κ1) is 26.9. The lowest BCUT2D eigenvalue weighted by molar-refractivity contribution is -0.118. The van der Waals surface area contributed by atoms with Gasteiger partial charge in [0, 0.05) is 20.1 Å². The third-order valence-electron chi connectivity index (χ3n) is 4.66. The van der Waals surface area contributed by atoms with E-state index in [2.05, 4.69) is 23.7 Å². The first-order chi connectivity index (χ1) is 13.6. The maximum atomic E-state index is 13.0. The second-order valence-corrected chi connectivity index (χ2v) is 9.99. The van der Waals surface area contributed by atoms with Crippen LogP contribution in [-0.2, 0) is 14.8 Å². The van der Waals surface area contributed by atoms with Crippen molar-refractivity contribution in [1.29, 1.82) is 0 Å². The lowest BCUT2D eigenvalue weighted by atomic mass is 10.3. The molecule has 2 rings (SSSR count). The van der Waals surface area contributed by atoms with E-state index < -0.39 is 10.0 Å². The van der Waals surface area contributed by atoms with Crippen molar-refractivity contribution >= 4 is 66.6 Å². The van der Waals surface area contributed by atoms with Crippen molar-refractivity contribution in [3.05, 3.63) is 17.2 Å². The number of carbonyl (C=O) groups is 1. The Labute approximate surface area is 193 Å². The molecule has 0 unspecified atom stereocenters. The van der Waals surface area contributed by atoms with Crippen LogP contribution in [0.15, 0.2) is 12.1 Å². The van der Waals surface area contributed by atoms with Crippen LogP contribution in [-0.4, -0.2) is 81.7 Å². The number of amides is 1. The molecule has 0 fully saturated rings. The number of halogens is 2. The van der Waals surface area contributed by atoms with Gasteiger partial charge in [-0.05, 0) is 25.2 Å². The number of carbonyl (C=O) groups excluding carboxylic acids is 1. The molecule has 2 aromatic rings. The van der Waals surface area contributed by atoms with Crippen LogP contribution in [0.1, 0.15) is 13.8 Å². The summed E-state index contributed by atoms with van der Waals surface area (Å²) in [6.45, 7) is 6.56. The molecule has 1 heterocycles. The van der Waals surface area contributed by atoms with E-state index in [-0.39, 0.29) is 24.9 Å². The highest BCUT2D eigenvalue weighted by Crippen LogP contribution is 2.38. The lowest BCUT2D eigenvalue weighted by Gasteiger charge is -2.26. The lowest BCUT2D eigenvalue weighted by Crippen LogP contribution is -2.44. The fourth-order valence-electron chi connectivity index (χ4n) is 2.72. The summed E-state index contributed by atoms with van der Waals surface area (Å²) < 4.78 is 30.6. The zero-order valence-electron chi connectivity index (χ0n) is 17.7. The Bertz CT molecular complexity index is 964. The summed E-state index contributed by atoms with van der Waals surface area (Å²) in [5.41, 5.74) is 0.581. The van der Waals surface area contributed by atoms with Gasteiger partial charge in [0.25, 0.3) is 0 Å². The van der Waals surface area contributed by atoms with Gasteiger partial charge in [0.1, 0.15) is 11.3 Å². The number of hydrogen-bond acceptors (Lipinski definition) is 7. The zero-order valence-corrected chi connectivity index (χ0v) is 20.9. The summed E-state index contributed by atoms with van der Waals surface area (Å²) in [7, 11) is -0.548. The number of thiazole rings is 1. The molecule has 1 aromatic carbocycles. The summed E-state index contributed by atoms with van der Waals surface area (Å²) in [5, 5.41) is 0.986. The van der Waals surface area contributed by atoms with Crippen LogP contribution in [0.2, 0.25) is 5.02 Å². The van der Waals surface area contributed by atoms with E-state index in [4.69, 9.17) is 16.3 Å². The molecule has 0 spiro atoms. The molecule has 170 valence electrons. The predicted molar refractivity (Wildman–Crippen MR) is 126 cm³/mol. The van der Waals surface area contributed by atoms with Crippen LogP contribution >= 0.6 is 35.3 Å². The Balaban J connectivity index is 0.00000450. The van der Waals surface area contributed by atoms with Crippen LogP contribution in [0, 0.1) is 0 Å². The van der Waals surface area contributed by atoms with Crippen LogP contribution in [0.3, 0.4) is 0 Å². The molecule has 0 atom stereocenters. The molecular formula is C18H28Cl2N4O4S2. The van der Waals surface area contributed by atoms with Gasteiger partial charge in [-0.3, -0.25) is 9.69 Å². The molecule has 0 radical (unpaired) electrons. The Morgan fingerprint density at radius 3 is 2.40 bits per heavy atom. The van der Waals surface area contributed by atoms with Gasteiger partial charge < -0.3 is 9.64 Å². The minimum atomic E-state index is -3.48. The maximum Gasteiger partial charge on any atom is 0.244 e. The molecule has 30 heavy (non-hydrogen) atoms. The predicted octanol–water partition coefficient (Wildman–Crippen LogP) is 2.95. The summed E-state index contributed by atoms with van der Waals surface area (Å²) in [5.74, 6) is 0.218. The number of ether oxygens (including phenoxy) is 1. The van der Waals surface area contributed by atoms with Crippen LogP contribution in [0.25, 0.3) is 10.2 Å². The van der Waals surface area contributed by atoms with Crippen molar-refractivity contribution in [2.24, 2.45) is 0 Å². The molecule has 8 nitrogen and oxygen atoms in total. The van der Waals surface area contributed by atoms with Crippen LogP contribution < -0.4 is 9.64 Å². The minimum absolute atomic E-state index is 0. The molecule has 0 aliphatic carbocycles. The van der Waals surface area contributed by atoms with Crippen LogP contribution in [0.4, 0.5) is 5.13 Å². The third-order valence-corrected chi connectivity index (χ3v) is 7.46. The van der Waals surface area contributed by atoms with E-state index >= 15 is 0 Å².